The van der Waals surface area contributed by atoms with E-state index in [9.17, 15) is 15.3 Å². The summed E-state index contributed by atoms with van der Waals surface area (Å²) in [5.41, 5.74) is 3.97. The van der Waals surface area contributed by atoms with Crippen LogP contribution in [0.15, 0.2) is 78.9 Å². The number of phenolic OH excluding ortho intramolecular Hbond substituents is 3. The van der Waals surface area contributed by atoms with Crippen molar-refractivity contribution in [2.75, 3.05) is 0 Å². The fourth-order valence-electron chi connectivity index (χ4n) is 4.30. The zero-order valence-corrected chi connectivity index (χ0v) is 18.1. The van der Waals surface area contributed by atoms with Crippen molar-refractivity contribution >= 4 is 5.57 Å². The van der Waals surface area contributed by atoms with E-state index in [1.807, 2.05) is 36.4 Å². The molecule has 0 fully saturated rings. The van der Waals surface area contributed by atoms with E-state index in [-0.39, 0.29) is 28.1 Å². The minimum atomic E-state index is -0.308. The van der Waals surface area contributed by atoms with Crippen LogP contribution in [0, 0.1) is 0 Å². The van der Waals surface area contributed by atoms with Crippen LogP contribution in [-0.4, -0.2) is 15.3 Å². The summed E-state index contributed by atoms with van der Waals surface area (Å²) in [4.78, 5) is 0. The lowest BCUT2D eigenvalue weighted by Crippen LogP contribution is -2.31. The third-order valence-corrected chi connectivity index (χ3v) is 5.84. The summed E-state index contributed by atoms with van der Waals surface area (Å²) in [5.74, 6) is 0.762. The number of phenols is 3. The SMILES string of the molecule is C/C(=C\[C@@](C)(CC(C)(C)c1ccc(O)cc1)c1ccc(O)cc1)c1ccc(O)cc1. The van der Waals surface area contributed by atoms with Gasteiger partial charge in [0, 0.05) is 5.41 Å². The van der Waals surface area contributed by atoms with Gasteiger partial charge in [0.2, 0.25) is 0 Å². The standard InChI is InChI=1S/C27H30O3/c1-19(20-5-11-23(28)12-6-20)17-27(4,22-9-15-25(30)16-10-22)18-26(2,3)21-7-13-24(29)14-8-21/h5-17,28-30H,18H2,1-4H3/b19-17+/t27-/m0/s1. The van der Waals surface area contributed by atoms with Crippen molar-refractivity contribution in [2.45, 2.75) is 44.9 Å². The number of aromatic hydroxyl groups is 3. The highest BCUT2D eigenvalue weighted by Crippen LogP contribution is 2.42. The van der Waals surface area contributed by atoms with E-state index in [1.54, 1.807) is 36.4 Å². The quantitative estimate of drug-likeness (QED) is 0.439. The van der Waals surface area contributed by atoms with Gasteiger partial charge in [-0.2, -0.15) is 0 Å². The molecule has 3 rings (SSSR count). The highest BCUT2D eigenvalue weighted by atomic mass is 16.3. The van der Waals surface area contributed by atoms with Crippen LogP contribution in [0.1, 0.15) is 50.8 Å². The molecular weight excluding hydrogens is 372 g/mol. The number of rotatable bonds is 6. The first-order valence-corrected chi connectivity index (χ1v) is 10.2. The predicted molar refractivity (Wildman–Crippen MR) is 123 cm³/mol. The van der Waals surface area contributed by atoms with Gasteiger partial charge in [-0.3, -0.25) is 0 Å². The van der Waals surface area contributed by atoms with Crippen LogP contribution >= 0.6 is 0 Å². The Morgan fingerprint density at radius 2 is 1.07 bits per heavy atom. The largest absolute Gasteiger partial charge is 0.508 e. The molecule has 3 heteroatoms. The van der Waals surface area contributed by atoms with Gasteiger partial charge in [0.05, 0.1) is 0 Å². The summed E-state index contributed by atoms with van der Waals surface area (Å²) in [6.45, 7) is 8.72. The van der Waals surface area contributed by atoms with Gasteiger partial charge in [-0.1, -0.05) is 63.2 Å². The van der Waals surface area contributed by atoms with E-state index in [0.29, 0.717) is 0 Å². The average molecular weight is 403 g/mol. The Balaban J connectivity index is 2.05. The molecule has 0 saturated carbocycles. The molecule has 30 heavy (non-hydrogen) atoms. The molecule has 0 aliphatic heterocycles. The van der Waals surface area contributed by atoms with Crippen molar-refractivity contribution < 1.29 is 15.3 Å². The maximum Gasteiger partial charge on any atom is 0.115 e. The van der Waals surface area contributed by atoms with Crippen LogP contribution in [0.5, 0.6) is 17.2 Å². The van der Waals surface area contributed by atoms with Crippen molar-refractivity contribution in [3.63, 3.8) is 0 Å². The molecule has 0 heterocycles. The Morgan fingerprint density at radius 1 is 0.667 bits per heavy atom. The molecule has 0 bridgehead atoms. The molecule has 0 radical (unpaired) electrons. The van der Waals surface area contributed by atoms with Gasteiger partial charge in [0.15, 0.2) is 0 Å². The van der Waals surface area contributed by atoms with Crippen LogP contribution in [0.4, 0.5) is 0 Å². The van der Waals surface area contributed by atoms with E-state index < -0.39 is 0 Å². The minimum absolute atomic E-state index is 0.161. The summed E-state index contributed by atoms with van der Waals surface area (Å²) in [6.07, 6.45) is 3.10. The Morgan fingerprint density at radius 3 is 1.53 bits per heavy atom. The highest BCUT2D eigenvalue weighted by molar-refractivity contribution is 5.66. The van der Waals surface area contributed by atoms with Crippen molar-refractivity contribution in [2.24, 2.45) is 0 Å². The Hall–Kier alpha value is -3.20. The summed E-state index contributed by atoms with van der Waals surface area (Å²) in [7, 11) is 0. The molecule has 0 spiro atoms. The first-order chi connectivity index (χ1) is 14.1. The Kier molecular flexibility index (Phi) is 5.93. The lowest BCUT2D eigenvalue weighted by molar-refractivity contribution is 0.378. The summed E-state index contributed by atoms with van der Waals surface area (Å²) < 4.78 is 0. The molecule has 1 atom stereocenters. The third kappa shape index (κ3) is 4.85. The monoisotopic (exact) mass is 402 g/mol. The number of hydrogen-bond donors (Lipinski definition) is 3. The molecular formula is C27H30O3. The normalized spacial score (nSPS) is 14.3. The molecule has 0 aliphatic rings. The van der Waals surface area contributed by atoms with Crippen LogP contribution in [-0.2, 0) is 10.8 Å². The smallest absolute Gasteiger partial charge is 0.115 e. The Labute approximate surface area is 179 Å². The third-order valence-electron chi connectivity index (χ3n) is 5.84. The van der Waals surface area contributed by atoms with Crippen LogP contribution in [0.25, 0.3) is 5.57 Å². The summed E-state index contributed by atoms with van der Waals surface area (Å²) in [5, 5.41) is 29.1. The van der Waals surface area contributed by atoms with E-state index in [0.717, 1.165) is 28.7 Å². The average Bonchev–Trinajstić information content (AvgIpc) is 2.68. The van der Waals surface area contributed by atoms with Crippen molar-refractivity contribution in [3.8, 4) is 17.2 Å². The van der Waals surface area contributed by atoms with Gasteiger partial charge in [-0.25, -0.2) is 0 Å². The Bertz CT molecular complexity index is 1010. The van der Waals surface area contributed by atoms with Gasteiger partial charge >= 0.3 is 0 Å². The van der Waals surface area contributed by atoms with Crippen molar-refractivity contribution in [1.29, 1.82) is 0 Å². The fraction of sp³-hybridized carbons (Fsp3) is 0.259. The van der Waals surface area contributed by atoms with Gasteiger partial charge in [0.1, 0.15) is 17.2 Å². The van der Waals surface area contributed by atoms with E-state index >= 15 is 0 Å². The van der Waals surface area contributed by atoms with Crippen molar-refractivity contribution in [1.82, 2.24) is 0 Å². The molecule has 156 valence electrons. The topological polar surface area (TPSA) is 60.7 Å². The molecule has 3 N–H and O–H groups in total. The molecule has 0 aromatic heterocycles. The minimum Gasteiger partial charge on any atom is -0.508 e. The molecule has 3 aromatic carbocycles. The number of hydrogen-bond acceptors (Lipinski definition) is 3. The molecule has 3 aromatic rings. The zero-order chi connectivity index (χ0) is 21.9. The molecule has 0 amide bonds. The fourth-order valence-corrected chi connectivity index (χ4v) is 4.30. The molecule has 0 saturated heterocycles. The molecule has 3 nitrogen and oxygen atoms in total. The summed E-state index contributed by atoms with van der Waals surface area (Å²) in [6, 6.07) is 22.1. The zero-order valence-electron chi connectivity index (χ0n) is 18.1. The maximum atomic E-state index is 9.78. The van der Waals surface area contributed by atoms with Crippen LogP contribution < -0.4 is 0 Å². The molecule has 0 unspecified atom stereocenters. The maximum absolute atomic E-state index is 9.78. The first-order valence-electron chi connectivity index (χ1n) is 10.2. The number of benzene rings is 3. The second-order valence-corrected chi connectivity index (χ2v) is 8.95. The van der Waals surface area contributed by atoms with E-state index in [4.69, 9.17) is 0 Å². The van der Waals surface area contributed by atoms with Gasteiger partial charge in [-0.05, 0) is 77.4 Å². The number of allylic oxidation sites excluding steroid dienone is 2. The van der Waals surface area contributed by atoms with Crippen LogP contribution in [0.3, 0.4) is 0 Å². The van der Waals surface area contributed by atoms with Gasteiger partial charge in [-0.15, -0.1) is 0 Å². The second kappa shape index (κ2) is 8.27. The first kappa shape index (κ1) is 21.5. The lowest BCUT2D eigenvalue weighted by Gasteiger charge is -2.37. The molecule has 0 aliphatic carbocycles. The predicted octanol–water partition coefficient (Wildman–Crippen LogP) is 6.53. The lowest BCUT2D eigenvalue weighted by atomic mass is 9.67. The second-order valence-electron chi connectivity index (χ2n) is 8.95. The van der Waals surface area contributed by atoms with Gasteiger partial charge < -0.3 is 15.3 Å². The van der Waals surface area contributed by atoms with Crippen molar-refractivity contribution in [3.05, 3.63) is 95.6 Å². The summed E-state index contributed by atoms with van der Waals surface area (Å²) >= 11 is 0. The van der Waals surface area contributed by atoms with E-state index in [1.165, 1.54) is 0 Å². The highest BCUT2D eigenvalue weighted by Gasteiger charge is 2.34. The van der Waals surface area contributed by atoms with E-state index in [2.05, 4.69) is 33.8 Å². The van der Waals surface area contributed by atoms with Gasteiger partial charge in [0.25, 0.3) is 0 Å². The van der Waals surface area contributed by atoms with Crippen LogP contribution in [0.2, 0.25) is 0 Å².